The number of benzene rings is 2. The van der Waals surface area contributed by atoms with Crippen molar-refractivity contribution in [1.82, 2.24) is 9.29 Å². The van der Waals surface area contributed by atoms with Gasteiger partial charge >= 0.3 is 12.1 Å². The molecule has 0 aliphatic carbocycles. The number of rotatable bonds is 8. The van der Waals surface area contributed by atoms with E-state index in [0.717, 1.165) is 11.6 Å². The van der Waals surface area contributed by atoms with Gasteiger partial charge in [0.25, 0.3) is 10.0 Å². The molecule has 1 amide bonds. The molecule has 0 aliphatic heterocycles. The van der Waals surface area contributed by atoms with Crippen LogP contribution < -0.4 is 5.32 Å². The van der Waals surface area contributed by atoms with E-state index in [1.54, 1.807) is 58.9 Å². The number of nitrogens with zero attached hydrogens (tertiary/aromatic N) is 1. The zero-order chi connectivity index (χ0) is 29.1. The van der Waals surface area contributed by atoms with Gasteiger partial charge in [-0.05, 0) is 76.8 Å². The number of aryl methyl sites for hydroxylation is 3. The van der Waals surface area contributed by atoms with Crippen molar-refractivity contribution in [3.05, 3.63) is 77.0 Å². The minimum absolute atomic E-state index is 0.0425. The molecule has 3 aromatic rings. The van der Waals surface area contributed by atoms with E-state index in [-0.39, 0.29) is 11.3 Å². The molecule has 10 heteroatoms. The summed E-state index contributed by atoms with van der Waals surface area (Å²) in [6, 6.07) is 9.73. The van der Waals surface area contributed by atoms with Crippen LogP contribution in [0.15, 0.2) is 59.6 Å². The van der Waals surface area contributed by atoms with Gasteiger partial charge in [0.05, 0.1) is 29.7 Å². The molecule has 0 fully saturated rings. The van der Waals surface area contributed by atoms with Gasteiger partial charge in [0, 0.05) is 17.7 Å². The maximum atomic E-state index is 13.9. The number of amides is 1. The van der Waals surface area contributed by atoms with Crippen LogP contribution in [0.2, 0.25) is 0 Å². The topological polar surface area (TPSA) is 124 Å². The van der Waals surface area contributed by atoms with Gasteiger partial charge in [-0.25, -0.2) is 22.0 Å². The maximum absolute atomic E-state index is 13.9. The van der Waals surface area contributed by atoms with Crippen LogP contribution in [0, 0.1) is 20.8 Å². The minimum atomic E-state index is -3.98. The van der Waals surface area contributed by atoms with Crippen LogP contribution in [0.1, 0.15) is 43.0 Å². The first-order valence-corrected chi connectivity index (χ1v) is 13.9. The Hall–Kier alpha value is -3.63. The van der Waals surface area contributed by atoms with Crippen molar-refractivity contribution >= 4 is 33.0 Å². The Balaban J connectivity index is 2.09. The molecule has 1 heterocycles. The highest BCUT2D eigenvalue weighted by Crippen LogP contribution is 2.30. The molecule has 210 valence electrons. The first kappa shape index (κ1) is 29.9. The lowest BCUT2D eigenvalue weighted by Crippen LogP contribution is -2.46. The van der Waals surface area contributed by atoms with E-state index in [4.69, 9.17) is 4.74 Å². The van der Waals surface area contributed by atoms with Crippen molar-refractivity contribution in [2.75, 3.05) is 7.11 Å². The zero-order valence-electron chi connectivity index (χ0n) is 23.3. The molecule has 2 aromatic carbocycles. The molecular formula is C29H36N2O7S. The fourth-order valence-electron chi connectivity index (χ4n) is 4.58. The van der Waals surface area contributed by atoms with Crippen LogP contribution in [-0.4, -0.2) is 54.4 Å². The standard InChI is InChI=1S/C29H36N2O7S/c1-18-14-19(2)27(20(3)15-18)39(35,36)31-17-21(22-10-8-9-11-24(22)31)16-23(25(32)12-13-26(33)37-7)30-28(34)38-29(4,5)6/h8-15,17,23,25,32H,16H2,1-7H3,(H,30,34)/b13-12+/t23-,25-/m0/s1. The van der Waals surface area contributed by atoms with Gasteiger partial charge in [0.1, 0.15) is 5.60 Å². The van der Waals surface area contributed by atoms with Crippen LogP contribution >= 0.6 is 0 Å². The molecule has 9 nitrogen and oxygen atoms in total. The average Bonchev–Trinajstić information content (AvgIpc) is 3.19. The van der Waals surface area contributed by atoms with Crippen molar-refractivity contribution in [1.29, 1.82) is 0 Å². The van der Waals surface area contributed by atoms with Crippen LogP contribution in [0.4, 0.5) is 4.79 Å². The number of aromatic nitrogens is 1. The number of fused-ring (bicyclic) bond motifs is 1. The van der Waals surface area contributed by atoms with Gasteiger partial charge < -0.3 is 19.9 Å². The fourth-order valence-corrected chi connectivity index (χ4v) is 6.40. The Bertz CT molecular complexity index is 1490. The normalized spacial score (nSPS) is 13.8. The molecule has 0 aliphatic rings. The number of esters is 1. The summed E-state index contributed by atoms with van der Waals surface area (Å²) in [5.41, 5.74) is 2.49. The Labute approximate surface area is 229 Å². The Morgan fingerprint density at radius 1 is 1.10 bits per heavy atom. The monoisotopic (exact) mass is 556 g/mol. The summed E-state index contributed by atoms with van der Waals surface area (Å²) in [6.07, 6.45) is 1.76. The van der Waals surface area contributed by atoms with Crippen LogP contribution in [0.5, 0.6) is 0 Å². The smallest absolute Gasteiger partial charge is 0.407 e. The number of carbonyl (C=O) groups excluding carboxylic acids is 2. The quantitative estimate of drug-likeness (QED) is 0.313. The molecule has 0 unspecified atom stereocenters. The van der Waals surface area contributed by atoms with Crippen molar-refractivity contribution < 1.29 is 32.6 Å². The zero-order valence-corrected chi connectivity index (χ0v) is 24.1. The van der Waals surface area contributed by atoms with Crippen LogP contribution in [-0.2, 0) is 30.7 Å². The second-order valence-corrected chi connectivity index (χ2v) is 12.3. The maximum Gasteiger partial charge on any atom is 0.407 e. The molecule has 3 rings (SSSR count). The van der Waals surface area contributed by atoms with E-state index in [2.05, 4.69) is 10.1 Å². The van der Waals surface area contributed by atoms with Crippen molar-refractivity contribution in [3.63, 3.8) is 0 Å². The molecule has 0 radical (unpaired) electrons. The molecule has 1 aromatic heterocycles. The lowest BCUT2D eigenvalue weighted by atomic mass is 10.0. The van der Waals surface area contributed by atoms with Crippen molar-refractivity contribution in [2.24, 2.45) is 0 Å². The molecule has 0 bridgehead atoms. The number of nitrogens with one attached hydrogen (secondary N) is 1. The van der Waals surface area contributed by atoms with E-state index < -0.39 is 39.8 Å². The lowest BCUT2D eigenvalue weighted by Gasteiger charge is -2.25. The summed E-state index contributed by atoms with van der Waals surface area (Å²) in [5.74, 6) is -0.670. The third kappa shape index (κ3) is 7.07. The van der Waals surface area contributed by atoms with E-state index in [9.17, 15) is 23.1 Å². The van der Waals surface area contributed by atoms with Crippen molar-refractivity contribution in [3.8, 4) is 0 Å². The Morgan fingerprint density at radius 2 is 1.72 bits per heavy atom. The van der Waals surface area contributed by atoms with E-state index in [1.807, 2.05) is 19.1 Å². The summed E-state index contributed by atoms with van der Waals surface area (Å²) in [6.45, 7) is 10.6. The molecule has 0 saturated carbocycles. The number of para-hydroxylation sites is 1. The van der Waals surface area contributed by atoms with Gasteiger partial charge in [-0.3, -0.25) is 0 Å². The molecule has 2 atom stereocenters. The highest BCUT2D eigenvalue weighted by atomic mass is 32.2. The molecule has 0 saturated heterocycles. The predicted octanol–water partition coefficient (Wildman–Crippen LogP) is 4.33. The van der Waals surface area contributed by atoms with Gasteiger partial charge in [-0.2, -0.15) is 0 Å². The lowest BCUT2D eigenvalue weighted by molar-refractivity contribution is -0.134. The Kier molecular flexibility index (Phi) is 8.92. The number of hydrogen-bond acceptors (Lipinski definition) is 7. The number of alkyl carbamates (subject to hydrolysis) is 1. The SMILES string of the molecule is COC(=O)/C=C/[C@H](O)[C@H](Cc1cn(S(=O)(=O)c2c(C)cc(C)cc2C)c2ccccc12)NC(=O)OC(C)(C)C. The summed E-state index contributed by atoms with van der Waals surface area (Å²) < 4.78 is 39.1. The molecule has 0 spiro atoms. The number of aliphatic hydroxyl groups excluding tert-OH is 1. The number of hydrogen-bond donors (Lipinski definition) is 2. The molecule has 39 heavy (non-hydrogen) atoms. The third-order valence-corrected chi connectivity index (χ3v) is 8.05. The first-order chi connectivity index (χ1) is 18.1. The van der Waals surface area contributed by atoms with Crippen molar-refractivity contribution in [2.45, 2.75) is 70.6 Å². The van der Waals surface area contributed by atoms with Crippen LogP contribution in [0.25, 0.3) is 10.9 Å². The van der Waals surface area contributed by atoms with E-state index in [1.165, 1.54) is 23.4 Å². The minimum Gasteiger partial charge on any atom is -0.466 e. The molecule has 2 N–H and O–H groups in total. The van der Waals surface area contributed by atoms with Gasteiger partial charge in [-0.1, -0.05) is 35.9 Å². The van der Waals surface area contributed by atoms with Gasteiger partial charge in [-0.15, -0.1) is 0 Å². The Morgan fingerprint density at radius 3 is 2.31 bits per heavy atom. The predicted molar refractivity (Wildman–Crippen MR) is 149 cm³/mol. The number of methoxy groups -OCH3 is 1. The summed E-state index contributed by atoms with van der Waals surface area (Å²) >= 11 is 0. The van der Waals surface area contributed by atoms with E-state index in [0.29, 0.717) is 27.6 Å². The first-order valence-electron chi connectivity index (χ1n) is 12.5. The van der Waals surface area contributed by atoms with Gasteiger partial charge in [0.15, 0.2) is 0 Å². The summed E-state index contributed by atoms with van der Waals surface area (Å²) in [7, 11) is -2.77. The average molecular weight is 557 g/mol. The summed E-state index contributed by atoms with van der Waals surface area (Å²) in [4.78, 5) is 24.4. The van der Waals surface area contributed by atoms with Crippen LogP contribution in [0.3, 0.4) is 0 Å². The molecular weight excluding hydrogens is 520 g/mol. The number of aliphatic hydroxyl groups is 1. The highest BCUT2D eigenvalue weighted by molar-refractivity contribution is 7.90. The second kappa shape index (κ2) is 11.6. The largest absolute Gasteiger partial charge is 0.466 e. The van der Waals surface area contributed by atoms with E-state index >= 15 is 0 Å². The fraction of sp³-hybridized carbons (Fsp3) is 0.379. The number of ether oxygens (including phenoxy) is 2. The number of carbonyl (C=O) groups is 2. The highest BCUT2D eigenvalue weighted by Gasteiger charge is 2.28. The second-order valence-electron chi connectivity index (χ2n) is 10.5. The summed E-state index contributed by atoms with van der Waals surface area (Å²) in [5, 5.41) is 14.2. The third-order valence-electron chi connectivity index (χ3n) is 6.07. The van der Waals surface area contributed by atoms with Gasteiger partial charge in [0.2, 0.25) is 0 Å².